The molecule has 2 heterocycles. The lowest BCUT2D eigenvalue weighted by molar-refractivity contribution is 0.0792. The van der Waals surface area contributed by atoms with Crippen molar-refractivity contribution in [1.82, 2.24) is 9.88 Å². The molecule has 1 aromatic rings. The van der Waals surface area contributed by atoms with Crippen molar-refractivity contribution in [3.05, 3.63) is 23.9 Å². The number of pyridine rings is 1. The van der Waals surface area contributed by atoms with E-state index in [1.54, 1.807) is 4.90 Å². The molecular formula is C11H14N2O3S. The average molecular weight is 254 g/mol. The Morgan fingerprint density at radius 1 is 1.29 bits per heavy atom. The number of nitrogens with zero attached hydrogens (tertiary/aromatic N) is 2. The van der Waals surface area contributed by atoms with Gasteiger partial charge in [0.2, 0.25) is 0 Å². The molecule has 0 unspecified atom stereocenters. The standard InChI is InChI=1S/C11H14N2O3S/c1-17(15,16)10-5-4-9(8-12-10)11(14)13-6-2-3-7-13/h4-5,8H,2-3,6-7H2,1H3. The van der Waals surface area contributed by atoms with Gasteiger partial charge < -0.3 is 4.90 Å². The molecule has 0 aliphatic carbocycles. The van der Waals surface area contributed by atoms with E-state index >= 15 is 0 Å². The van der Waals surface area contributed by atoms with Crippen LogP contribution >= 0.6 is 0 Å². The summed E-state index contributed by atoms with van der Waals surface area (Å²) in [4.78, 5) is 17.5. The van der Waals surface area contributed by atoms with Crippen LogP contribution in [0.3, 0.4) is 0 Å². The third kappa shape index (κ3) is 2.63. The molecule has 0 N–H and O–H groups in total. The predicted octanol–water partition coefficient (Wildman–Crippen LogP) is 0.721. The predicted molar refractivity (Wildman–Crippen MR) is 62.5 cm³/mol. The number of sulfone groups is 1. The van der Waals surface area contributed by atoms with Gasteiger partial charge in [0.05, 0.1) is 5.56 Å². The minimum atomic E-state index is -3.30. The van der Waals surface area contributed by atoms with Crippen LogP contribution in [0.1, 0.15) is 23.2 Å². The van der Waals surface area contributed by atoms with Crippen LogP contribution in [0.2, 0.25) is 0 Å². The topological polar surface area (TPSA) is 67.3 Å². The summed E-state index contributed by atoms with van der Waals surface area (Å²) in [5, 5.41) is -0.00419. The first-order valence-corrected chi connectivity index (χ1v) is 7.33. The Morgan fingerprint density at radius 3 is 2.41 bits per heavy atom. The van der Waals surface area contributed by atoms with Gasteiger partial charge in [-0.15, -0.1) is 0 Å². The number of aromatic nitrogens is 1. The van der Waals surface area contributed by atoms with Crippen LogP contribution in [-0.4, -0.2) is 43.6 Å². The first kappa shape index (κ1) is 12.0. The van der Waals surface area contributed by atoms with Gasteiger partial charge in [0, 0.05) is 25.5 Å². The summed E-state index contributed by atoms with van der Waals surface area (Å²) in [5.74, 6) is -0.0740. The lowest BCUT2D eigenvalue weighted by Gasteiger charge is -2.14. The van der Waals surface area contributed by atoms with Gasteiger partial charge in [-0.25, -0.2) is 13.4 Å². The molecule has 92 valence electrons. The van der Waals surface area contributed by atoms with Gasteiger partial charge in [0.1, 0.15) is 0 Å². The fourth-order valence-corrected chi connectivity index (χ4v) is 2.39. The van der Waals surface area contributed by atoms with E-state index in [0.717, 1.165) is 32.2 Å². The maximum Gasteiger partial charge on any atom is 0.255 e. The van der Waals surface area contributed by atoms with Crippen LogP contribution in [0.5, 0.6) is 0 Å². The first-order valence-electron chi connectivity index (χ1n) is 5.44. The van der Waals surface area contributed by atoms with Gasteiger partial charge in [0.15, 0.2) is 14.9 Å². The lowest BCUT2D eigenvalue weighted by atomic mass is 10.2. The van der Waals surface area contributed by atoms with Gasteiger partial charge in [-0.1, -0.05) is 0 Å². The molecule has 0 radical (unpaired) electrons. The van der Waals surface area contributed by atoms with Crippen LogP contribution < -0.4 is 0 Å². The van der Waals surface area contributed by atoms with Crippen LogP contribution in [0.4, 0.5) is 0 Å². The molecule has 17 heavy (non-hydrogen) atoms. The van der Waals surface area contributed by atoms with Crippen LogP contribution in [0, 0.1) is 0 Å². The van der Waals surface area contributed by atoms with E-state index < -0.39 is 9.84 Å². The minimum Gasteiger partial charge on any atom is -0.339 e. The number of amides is 1. The van der Waals surface area contributed by atoms with Gasteiger partial charge in [-0.2, -0.15) is 0 Å². The van der Waals surface area contributed by atoms with Crippen molar-refractivity contribution < 1.29 is 13.2 Å². The second-order valence-electron chi connectivity index (χ2n) is 4.16. The summed E-state index contributed by atoms with van der Waals surface area (Å²) in [7, 11) is -3.30. The Balaban J connectivity index is 2.20. The molecule has 1 fully saturated rings. The zero-order valence-electron chi connectivity index (χ0n) is 9.59. The van der Waals surface area contributed by atoms with E-state index in [1.165, 1.54) is 18.3 Å². The first-order chi connectivity index (χ1) is 7.98. The Kier molecular flexibility index (Phi) is 3.15. The summed E-state index contributed by atoms with van der Waals surface area (Å²) in [6.07, 6.45) is 4.48. The fraction of sp³-hybridized carbons (Fsp3) is 0.455. The second kappa shape index (κ2) is 4.44. The van der Waals surface area contributed by atoms with Gasteiger partial charge in [-0.3, -0.25) is 4.79 Å². The summed E-state index contributed by atoms with van der Waals surface area (Å²) in [6, 6.07) is 2.89. The number of carbonyl (C=O) groups excluding carboxylic acids is 1. The maximum atomic E-state index is 11.9. The van der Waals surface area contributed by atoms with E-state index in [2.05, 4.69) is 4.98 Å². The lowest BCUT2D eigenvalue weighted by Crippen LogP contribution is -2.27. The molecule has 1 saturated heterocycles. The Bertz CT molecular complexity index is 516. The smallest absolute Gasteiger partial charge is 0.255 e. The second-order valence-corrected chi connectivity index (χ2v) is 6.12. The molecule has 2 rings (SSSR count). The number of hydrogen-bond acceptors (Lipinski definition) is 4. The zero-order chi connectivity index (χ0) is 12.5. The van der Waals surface area contributed by atoms with Crippen LogP contribution in [0.15, 0.2) is 23.4 Å². The van der Waals surface area contributed by atoms with Crippen molar-refractivity contribution >= 4 is 15.7 Å². The molecule has 1 aliphatic heterocycles. The van der Waals surface area contributed by atoms with Crippen molar-refractivity contribution in [2.45, 2.75) is 17.9 Å². The molecular weight excluding hydrogens is 240 g/mol. The van der Waals surface area contributed by atoms with E-state index in [-0.39, 0.29) is 10.9 Å². The Labute approximate surface area is 100 Å². The van der Waals surface area contributed by atoms with Crippen molar-refractivity contribution in [3.8, 4) is 0 Å². The minimum absolute atomic E-state index is 0.00419. The number of likely N-dealkylation sites (tertiary alicyclic amines) is 1. The van der Waals surface area contributed by atoms with Gasteiger partial charge in [-0.05, 0) is 25.0 Å². The monoisotopic (exact) mass is 254 g/mol. The van der Waals surface area contributed by atoms with Crippen molar-refractivity contribution in [2.75, 3.05) is 19.3 Å². The third-order valence-electron chi connectivity index (χ3n) is 2.76. The number of rotatable bonds is 2. The van der Waals surface area contributed by atoms with Crippen molar-refractivity contribution in [2.24, 2.45) is 0 Å². The SMILES string of the molecule is CS(=O)(=O)c1ccc(C(=O)N2CCCC2)cn1. The molecule has 1 amide bonds. The average Bonchev–Trinajstić information content (AvgIpc) is 2.80. The molecule has 0 saturated carbocycles. The normalized spacial score (nSPS) is 16.2. The fourth-order valence-electron chi connectivity index (χ4n) is 1.83. The van der Waals surface area contributed by atoms with Gasteiger partial charge >= 0.3 is 0 Å². The van der Waals surface area contributed by atoms with E-state index in [9.17, 15) is 13.2 Å². The Morgan fingerprint density at radius 2 is 1.94 bits per heavy atom. The quantitative estimate of drug-likeness (QED) is 0.780. The summed E-state index contributed by atoms with van der Waals surface area (Å²) in [5.41, 5.74) is 0.444. The highest BCUT2D eigenvalue weighted by Crippen LogP contribution is 2.13. The molecule has 0 atom stereocenters. The highest BCUT2D eigenvalue weighted by atomic mass is 32.2. The third-order valence-corrected chi connectivity index (χ3v) is 3.76. The highest BCUT2D eigenvalue weighted by Gasteiger charge is 2.20. The molecule has 6 heteroatoms. The summed E-state index contributed by atoms with van der Waals surface area (Å²) >= 11 is 0. The molecule has 0 aromatic carbocycles. The van der Waals surface area contributed by atoms with E-state index in [1.807, 2.05) is 0 Å². The van der Waals surface area contributed by atoms with Crippen molar-refractivity contribution in [3.63, 3.8) is 0 Å². The largest absolute Gasteiger partial charge is 0.339 e. The maximum absolute atomic E-state index is 11.9. The molecule has 1 aromatic heterocycles. The molecule has 5 nitrogen and oxygen atoms in total. The Hall–Kier alpha value is -1.43. The summed E-state index contributed by atoms with van der Waals surface area (Å²) < 4.78 is 22.4. The number of hydrogen-bond donors (Lipinski definition) is 0. The number of carbonyl (C=O) groups is 1. The molecule has 0 spiro atoms. The van der Waals surface area contributed by atoms with Crippen LogP contribution in [0.25, 0.3) is 0 Å². The van der Waals surface area contributed by atoms with Gasteiger partial charge in [0.25, 0.3) is 5.91 Å². The summed E-state index contributed by atoms with van der Waals surface area (Å²) in [6.45, 7) is 1.54. The molecule has 0 bridgehead atoms. The van der Waals surface area contributed by atoms with E-state index in [0.29, 0.717) is 5.56 Å². The molecule has 1 aliphatic rings. The zero-order valence-corrected chi connectivity index (χ0v) is 10.4. The van der Waals surface area contributed by atoms with Crippen molar-refractivity contribution in [1.29, 1.82) is 0 Å². The van der Waals surface area contributed by atoms with Crippen LogP contribution in [-0.2, 0) is 9.84 Å². The van der Waals surface area contributed by atoms with E-state index in [4.69, 9.17) is 0 Å². The highest BCUT2D eigenvalue weighted by molar-refractivity contribution is 7.90.